The molecule has 0 saturated carbocycles. The SMILES string of the molecule is COc1cccc(-n2ccc(C(C)C)n2)c1[C@@H](C)O. The molecule has 2 aromatic rings. The third-order valence-electron chi connectivity index (χ3n) is 3.13. The van der Waals surface area contributed by atoms with Crippen molar-refractivity contribution in [1.82, 2.24) is 9.78 Å². The van der Waals surface area contributed by atoms with Gasteiger partial charge in [0, 0.05) is 11.8 Å². The Morgan fingerprint density at radius 3 is 2.47 bits per heavy atom. The summed E-state index contributed by atoms with van der Waals surface area (Å²) in [4.78, 5) is 0. The van der Waals surface area contributed by atoms with Crippen LogP contribution in [0.15, 0.2) is 30.5 Å². The number of methoxy groups -OCH3 is 1. The van der Waals surface area contributed by atoms with Crippen LogP contribution < -0.4 is 4.74 Å². The van der Waals surface area contributed by atoms with Crippen molar-refractivity contribution in [2.45, 2.75) is 32.8 Å². The van der Waals surface area contributed by atoms with E-state index in [0.29, 0.717) is 11.7 Å². The summed E-state index contributed by atoms with van der Waals surface area (Å²) in [6, 6.07) is 7.67. The lowest BCUT2D eigenvalue weighted by Crippen LogP contribution is -2.06. The molecule has 0 saturated heterocycles. The Hall–Kier alpha value is -1.81. The molecule has 4 heteroatoms. The van der Waals surface area contributed by atoms with Gasteiger partial charge in [-0.3, -0.25) is 0 Å². The van der Waals surface area contributed by atoms with Gasteiger partial charge >= 0.3 is 0 Å². The zero-order valence-electron chi connectivity index (χ0n) is 11.8. The van der Waals surface area contributed by atoms with E-state index in [1.807, 2.05) is 30.5 Å². The first-order valence-electron chi connectivity index (χ1n) is 6.45. The van der Waals surface area contributed by atoms with E-state index < -0.39 is 6.10 Å². The molecule has 0 fully saturated rings. The first kappa shape index (κ1) is 13.6. The molecular weight excluding hydrogens is 240 g/mol. The third kappa shape index (κ3) is 2.63. The quantitative estimate of drug-likeness (QED) is 0.919. The van der Waals surface area contributed by atoms with E-state index in [4.69, 9.17) is 4.74 Å². The highest BCUT2D eigenvalue weighted by Crippen LogP contribution is 2.31. The first-order chi connectivity index (χ1) is 9.04. The van der Waals surface area contributed by atoms with Crippen LogP contribution in [0.25, 0.3) is 5.69 Å². The molecular formula is C15H20N2O2. The van der Waals surface area contributed by atoms with Crippen LogP contribution >= 0.6 is 0 Å². The standard InChI is InChI=1S/C15H20N2O2/c1-10(2)12-8-9-17(16-12)13-6-5-7-14(19-4)15(13)11(3)18/h5-11,18H,1-4H3/t11-/m1/s1. The van der Waals surface area contributed by atoms with Gasteiger partial charge in [-0.25, -0.2) is 4.68 Å². The number of aliphatic hydroxyl groups excluding tert-OH is 1. The largest absolute Gasteiger partial charge is 0.496 e. The molecule has 19 heavy (non-hydrogen) atoms. The average molecular weight is 260 g/mol. The monoisotopic (exact) mass is 260 g/mol. The Bertz CT molecular complexity index is 559. The van der Waals surface area contributed by atoms with Crippen molar-refractivity contribution in [3.63, 3.8) is 0 Å². The van der Waals surface area contributed by atoms with Crippen molar-refractivity contribution in [1.29, 1.82) is 0 Å². The number of hydrogen-bond acceptors (Lipinski definition) is 3. The molecule has 0 spiro atoms. The van der Waals surface area contributed by atoms with Gasteiger partial charge in [-0.15, -0.1) is 0 Å². The van der Waals surface area contributed by atoms with E-state index in [1.54, 1.807) is 18.7 Å². The van der Waals surface area contributed by atoms with Crippen molar-refractivity contribution in [3.05, 3.63) is 41.7 Å². The van der Waals surface area contributed by atoms with Gasteiger partial charge in [-0.1, -0.05) is 19.9 Å². The van der Waals surface area contributed by atoms with Gasteiger partial charge in [0.15, 0.2) is 0 Å². The van der Waals surface area contributed by atoms with E-state index in [2.05, 4.69) is 18.9 Å². The number of aliphatic hydroxyl groups is 1. The van der Waals surface area contributed by atoms with Gasteiger partial charge in [0.2, 0.25) is 0 Å². The zero-order chi connectivity index (χ0) is 14.0. The van der Waals surface area contributed by atoms with Crippen LogP contribution in [0.3, 0.4) is 0 Å². The first-order valence-corrected chi connectivity index (χ1v) is 6.45. The van der Waals surface area contributed by atoms with Gasteiger partial charge in [-0.2, -0.15) is 5.10 Å². The molecule has 0 aliphatic heterocycles. The maximum absolute atomic E-state index is 9.97. The summed E-state index contributed by atoms with van der Waals surface area (Å²) >= 11 is 0. The highest BCUT2D eigenvalue weighted by Gasteiger charge is 2.16. The molecule has 102 valence electrons. The van der Waals surface area contributed by atoms with Crippen molar-refractivity contribution in [2.75, 3.05) is 7.11 Å². The molecule has 0 aliphatic rings. The average Bonchev–Trinajstić information content (AvgIpc) is 2.87. The Kier molecular flexibility index (Phi) is 3.90. The predicted molar refractivity (Wildman–Crippen MR) is 74.8 cm³/mol. The van der Waals surface area contributed by atoms with Gasteiger partial charge in [-0.05, 0) is 31.0 Å². The fourth-order valence-electron chi connectivity index (χ4n) is 2.11. The minimum atomic E-state index is -0.613. The summed E-state index contributed by atoms with van der Waals surface area (Å²) in [5.41, 5.74) is 2.63. The molecule has 4 nitrogen and oxygen atoms in total. The summed E-state index contributed by atoms with van der Waals surface area (Å²) in [5.74, 6) is 1.05. The van der Waals surface area contributed by atoms with E-state index in [-0.39, 0.29) is 0 Å². The smallest absolute Gasteiger partial charge is 0.126 e. The summed E-state index contributed by atoms with van der Waals surface area (Å²) in [7, 11) is 1.60. The number of ether oxygens (including phenoxy) is 1. The number of aromatic nitrogens is 2. The summed E-state index contributed by atoms with van der Waals surface area (Å²) in [6.07, 6.45) is 1.30. The maximum atomic E-state index is 9.97. The molecule has 0 aliphatic carbocycles. The molecule has 1 heterocycles. The summed E-state index contributed by atoms with van der Waals surface area (Å²) < 4.78 is 7.11. The normalized spacial score (nSPS) is 12.7. The Labute approximate surface area is 113 Å². The molecule has 1 aromatic carbocycles. The fraction of sp³-hybridized carbons (Fsp3) is 0.400. The second kappa shape index (κ2) is 5.45. The van der Waals surface area contributed by atoms with Gasteiger partial charge < -0.3 is 9.84 Å². The minimum Gasteiger partial charge on any atom is -0.496 e. The molecule has 0 bridgehead atoms. The van der Waals surface area contributed by atoms with Crippen molar-refractivity contribution < 1.29 is 9.84 Å². The minimum absolute atomic E-state index is 0.377. The van der Waals surface area contributed by atoms with Crippen LogP contribution in [0, 0.1) is 0 Å². The van der Waals surface area contributed by atoms with Gasteiger partial charge in [0.05, 0.1) is 24.6 Å². The number of hydrogen-bond donors (Lipinski definition) is 1. The Balaban J connectivity index is 2.54. The number of rotatable bonds is 4. The zero-order valence-corrected chi connectivity index (χ0v) is 11.8. The molecule has 0 unspecified atom stereocenters. The molecule has 0 radical (unpaired) electrons. The maximum Gasteiger partial charge on any atom is 0.126 e. The molecule has 1 N–H and O–H groups in total. The molecule has 0 amide bonds. The fourth-order valence-corrected chi connectivity index (χ4v) is 2.11. The van der Waals surface area contributed by atoms with Crippen molar-refractivity contribution >= 4 is 0 Å². The van der Waals surface area contributed by atoms with Crippen LogP contribution in [0.1, 0.15) is 44.1 Å². The lowest BCUT2D eigenvalue weighted by atomic mass is 10.1. The lowest BCUT2D eigenvalue weighted by Gasteiger charge is -2.16. The molecule has 2 rings (SSSR count). The van der Waals surface area contributed by atoms with E-state index in [9.17, 15) is 5.11 Å². The van der Waals surface area contributed by atoms with Gasteiger partial charge in [0.1, 0.15) is 5.75 Å². The second-order valence-electron chi connectivity index (χ2n) is 4.91. The van der Waals surface area contributed by atoms with Gasteiger partial charge in [0.25, 0.3) is 0 Å². The summed E-state index contributed by atoms with van der Waals surface area (Å²) in [6.45, 7) is 5.94. The Morgan fingerprint density at radius 2 is 1.95 bits per heavy atom. The van der Waals surface area contributed by atoms with Crippen LogP contribution in [-0.2, 0) is 0 Å². The van der Waals surface area contributed by atoms with Crippen molar-refractivity contribution in [3.8, 4) is 11.4 Å². The van der Waals surface area contributed by atoms with Crippen LogP contribution in [0.5, 0.6) is 5.75 Å². The molecule has 1 atom stereocenters. The molecule has 1 aromatic heterocycles. The Morgan fingerprint density at radius 1 is 1.21 bits per heavy atom. The third-order valence-corrected chi connectivity index (χ3v) is 3.13. The van der Waals surface area contributed by atoms with Crippen LogP contribution in [0.2, 0.25) is 0 Å². The number of benzene rings is 1. The van der Waals surface area contributed by atoms with Crippen molar-refractivity contribution in [2.24, 2.45) is 0 Å². The van der Waals surface area contributed by atoms with Crippen LogP contribution in [-0.4, -0.2) is 22.0 Å². The number of nitrogens with zero attached hydrogens (tertiary/aromatic N) is 2. The van der Waals surface area contributed by atoms with E-state index in [0.717, 1.165) is 16.9 Å². The van der Waals surface area contributed by atoms with E-state index in [1.165, 1.54) is 0 Å². The highest BCUT2D eigenvalue weighted by atomic mass is 16.5. The summed E-state index contributed by atoms with van der Waals surface area (Å²) in [5, 5.41) is 14.5. The van der Waals surface area contributed by atoms with Crippen LogP contribution in [0.4, 0.5) is 0 Å². The topological polar surface area (TPSA) is 47.3 Å². The van der Waals surface area contributed by atoms with E-state index >= 15 is 0 Å². The highest BCUT2D eigenvalue weighted by molar-refractivity contribution is 5.50. The predicted octanol–water partition coefficient (Wildman–Crippen LogP) is 3.06. The lowest BCUT2D eigenvalue weighted by molar-refractivity contribution is 0.194. The second-order valence-corrected chi connectivity index (χ2v) is 4.91.